The predicted molar refractivity (Wildman–Crippen MR) is 138 cm³/mol. The lowest BCUT2D eigenvalue weighted by Crippen LogP contribution is -2.41. The largest absolute Gasteiger partial charge is 0.497 e. The van der Waals surface area contributed by atoms with Crippen LogP contribution >= 0.6 is 11.8 Å². The van der Waals surface area contributed by atoms with Gasteiger partial charge in [0.25, 0.3) is 0 Å². The molecule has 174 valence electrons. The second-order valence-electron chi connectivity index (χ2n) is 8.41. The van der Waals surface area contributed by atoms with E-state index < -0.39 is 5.66 Å². The van der Waals surface area contributed by atoms with Gasteiger partial charge in [0.2, 0.25) is 5.91 Å². The molecule has 2 aliphatic rings. The maximum absolute atomic E-state index is 12.6. The monoisotopic (exact) mass is 464 g/mol. The lowest BCUT2D eigenvalue weighted by Gasteiger charge is -2.34. The molecule has 0 saturated carbocycles. The second kappa shape index (κ2) is 10.5. The molecule has 33 heavy (non-hydrogen) atoms. The van der Waals surface area contributed by atoms with Crippen molar-refractivity contribution in [3.8, 4) is 5.75 Å². The predicted octanol–water partition coefficient (Wildman–Crippen LogP) is 4.64. The van der Waals surface area contributed by atoms with E-state index in [4.69, 9.17) is 14.7 Å². The van der Waals surface area contributed by atoms with E-state index in [1.54, 1.807) is 7.11 Å². The van der Waals surface area contributed by atoms with Crippen molar-refractivity contribution in [1.29, 1.82) is 0 Å². The van der Waals surface area contributed by atoms with Crippen molar-refractivity contribution in [3.05, 3.63) is 59.7 Å². The van der Waals surface area contributed by atoms with Crippen LogP contribution in [-0.4, -0.2) is 59.7 Å². The van der Waals surface area contributed by atoms with Gasteiger partial charge in [-0.05, 0) is 54.9 Å². The molecule has 1 saturated heterocycles. The number of carbonyl (C=O) groups is 1. The van der Waals surface area contributed by atoms with Gasteiger partial charge < -0.3 is 15.0 Å². The Hall–Kier alpha value is -2.64. The van der Waals surface area contributed by atoms with E-state index in [0.717, 1.165) is 66.7 Å². The molecule has 0 aromatic heterocycles. The molecule has 0 atom stereocenters. The number of nitrogens with zero attached hydrogens (tertiary/aromatic N) is 3. The molecule has 1 N–H and O–H groups in total. The second-order valence-corrected chi connectivity index (χ2v) is 9.37. The summed E-state index contributed by atoms with van der Waals surface area (Å²) in [4.78, 5) is 25.3. The van der Waals surface area contributed by atoms with Gasteiger partial charge in [-0.1, -0.05) is 37.7 Å². The van der Waals surface area contributed by atoms with Gasteiger partial charge in [0.05, 0.1) is 18.6 Å². The number of anilines is 1. The average Bonchev–Trinajstić information content (AvgIpc) is 3.21. The van der Waals surface area contributed by atoms with Gasteiger partial charge in [0, 0.05) is 37.2 Å². The first-order valence-corrected chi connectivity index (χ1v) is 12.6. The molecule has 4 rings (SSSR count). The molecule has 2 aromatic carbocycles. The average molecular weight is 465 g/mol. The fourth-order valence-electron chi connectivity index (χ4n) is 4.17. The van der Waals surface area contributed by atoms with Crippen LogP contribution in [0.4, 0.5) is 5.69 Å². The minimum atomic E-state index is -0.407. The first-order chi connectivity index (χ1) is 16.0. The highest BCUT2D eigenvalue weighted by Crippen LogP contribution is 2.35. The number of ether oxygens (including phenoxy) is 1. The molecular formula is C26H32N4O2S. The summed E-state index contributed by atoms with van der Waals surface area (Å²) >= 11 is 1.47. The van der Waals surface area contributed by atoms with E-state index >= 15 is 0 Å². The molecule has 0 bridgehead atoms. The lowest BCUT2D eigenvalue weighted by molar-refractivity contribution is -0.113. The Morgan fingerprint density at radius 2 is 1.76 bits per heavy atom. The number of rotatable bonds is 7. The smallest absolute Gasteiger partial charge is 0.234 e. The highest BCUT2D eigenvalue weighted by Gasteiger charge is 2.39. The quantitative estimate of drug-likeness (QED) is 0.648. The number of carbonyl (C=O) groups excluding carboxylic acids is 1. The zero-order valence-electron chi connectivity index (χ0n) is 19.6. The zero-order valence-corrected chi connectivity index (χ0v) is 20.5. The summed E-state index contributed by atoms with van der Waals surface area (Å²) in [7, 11) is 1.66. The third-order valence-electron chi connectivity index (χ3n) is 6.29. The molecule has 0 unspecified atom stereocenters. The number of likely N-dealkylation sites (tertiary alicyclic amines) is 1. The van der Waals surface area contributed by atoms with E-state index in [0.29, 0.717) is 5.75 Å². The third-order valence-corrected chi connectivity index (χ3v) is 7.25. The fourth-order valence-corrected chi connectivity index (χ4v) is 5.04. The van der Waals surface area contributed by atoms with Gasteiger partial charge in [-0.25, -0.2) is 4.99 Å². The number of hydrogen-bond acceptors (Lipinski definition) is 6. The Labute approximate surface area is 200 Å². The number of nitrogens with one attached hydrogen (secondary N) is 1. The summed E-state index contributed by atoms with van der Waals surface area (Å²) in [6.07, 6.45) is 2.79. The van der Waals surface area contributed by atoms with Crippen LogP contribution in [0.5, 0.6) is 5.75 Å². The summed E-state index contributed by atoms with van der Waals surface area (Å²) in [6, 6.07) is 15.9. The van der Waals surface area contributed by atoms with Crippen LogP contribution in [0, 0.1) is 0 Å². The number of amides is 1. The van der Waals surface area contributed by atoms with Gasteiger partial charge in [-0.3, -0.25) is 9.79 Å². The van der Waals surface area contributed by atoms with Crippen molar-refractivity contribution in [1.82, 2.24) is 4.90 Å². The number of piperidine rings is 1. The van der Waals surface area contributed by atoms with Crippen molar-refractivity contribution in [2.24, 2.45) is 9.98 Å². The normalized spacial score (nSPS) is 17.5. The molecule has 0 aliphatic carbocycles. The summed E-state index contributed by atoms with van der Waals surface area (Å²) in [6.45, 7) is 7.35. The van der Waals surface area contributed by atoms with E-state index in [2.05, 4.69) is 24.1 Å². The number of aliphatic imine (C=N–C) groups is 2. The number of aryl methyl sites for hydroxylation is 1. The molecular weight excluding hydrogens is 432 g/mol. The van der Waals surface area contributed by atoms with Crippen molar-refractivity contribution in [2.75, 3.05) is 37.8 Å². The topological polar surface area (TPSA) is 66.3 Å². The van der Waals surface area contributed by atoms with Gasteiger partial charge >= 0.3 is 0 Å². The SMILES string of the molecule is CCc1ccc(NC(=O)CSC2=NC3(CCN(CC)CC3)N=C2c2ccc(OC)cc2)cc1. The van der Waals surface area contributed by atoms with Crippen LogP contribution < -0.4 is 10.1 Å². The van der Waals surface area contributed by atoms with Crippen molar-refractivity contribution < 1.29 is 9.53 Å². The first kappa shape index (κ1) is 23.5. The highest BCUT2D eigenvalue weighted by molar-refractivity contribution is 8.16. The summed E-state index contributed by atoms with van der Waals surface area (Å²) in [5.74, 6) is 1.06. The Bertz CT molecular complexity index is 1020. The molecule has 0 radical (unpaired) electrons. The molecule has 6 nitrogen and oxygen atoms in total. The summed E-state index contributed by atoms with van der Waals surface area (Å²) in [5, 5.41) is 3.84. The molecule has 1 fully saturated rings. The van der Waals surface area contributed by atoms with E-state index in [9.17, 15) is 4.79 Å². The maximum atomic E-state index is 12.6. The Kier molecular flexibility index (Phi) is 7.50. The Balaban J connectivity index is 1.48. The van der Waals surface area contributed by atoms with Gasteiger partial charge in [-0.15, -0.1) is 0 Å². The molecule has 1 amide bonds. The van der Waals surface area contributed by atoms with Crippen molar-refractivity contribution in [3.63, 3.8) is 0 Å². The van der Waals surface area contributed by atoms with Gasteiger partial charge in [-0.2, -0.15) is 0 Å². The van der Waals surface area contributed by atoms with Gasteiger partial charge in [0.15, 0.2) is 5.66 Å². The number of benzene rings is 2. The maximum Gasteiger partial charge on any atom is 0.234 e. The highest BCUT2D eigenvalue weighted by atomic mass is 32.2. The molecule has 2 aromatic rings. The molecule has 1 spiro atoms. The van der Waals surface area contributed by atoms with Crippen LogP contribution in [-0.2, 0) is 11.2 Å². The van der Waals surface area contributed by atoms with E-state index in [1.165, 1.54) is 17.3 Å². The van der Waals surface area contributed by atoms with Crippen LogP contribution in [0.1, 0.15) is 37.8 Å². The summed E-state index contributed by atoms with van der Waals surface area (Å²) < 4.78 is 5.31. The summed E-state index contributed by atoms with van der Waals surface area (Å²) in [5.41, 5.74) is 3.55. The number of methoxy groups -OCH3 is 1. The Morgan fingerprint density at radius 1 is 1.06 bits per heavy atom. The minimum absolute atomic E-state index is 0.0391. The van der Waals surface area contributed by atoms with Crippen LogP contribution in [0.15, 0.2) is 58.5 Å². The van der Waals surface area contributed by atoms with Crippen LogP contribution in [0.25, 0.3) is 0 Å². The van der Waals surface area contributed by atoms with E-state index in [-0.39, 0.29) is 5.91 Å². The molecule has 2 heterocycles. The number of thioether (sulfide) groups is 1. The first-order valence-electron chi connectivity index (χ1n) is 11.6. The molecule has 2 aliphatic heterocycles. The fraction of sp³-hybridized carbons (Fsp3) is 0.423. The van der Waals surface area contributed by atoms with Crippen molar-refractivity contribution in [2.45, 2.75) is 38.8 Å². The van der Waals surface area contributed by atoms with Crippen LogP contribution in [0.2, 0.25) is 0 Å². The van der Waals surface area contributed by atoms with Crippen molar-refractivity contribution >= 4 is 34.1 Å². The van der Waals surface area contributed by atoms with Crippen LogP contribution in [0.3, 0.4) is 0 Å². The third kappa shape index (κ3) is 5.65. The standard InChI is InChI=1S/C26H32N4O2S/c1-4-19-6-10-21(11-7-19)27-23(31)18-33-25-24(20-8-12-22(32-3)13-9-20)28-26(29-25)14-16-30(5-2)17-15-26/h6-13H,4-5,14-18H2,1-3H3,(H,27,31). The molecule has 7 heteroatoms. The van der Waals surface area contributed by atoms with E-state index in [1.807, 2.05) is 48.5 Å². The number of hydrogen-bond donors (Lipinski definition) is 1. The minimum Gasteiger partial charge on any atom is -0.497 e. The lowest BCUT2D eigenvalue weighted by atomic mass is 9.98. The zero-order chi connectivity index (χ0) is 23.3. The van der Waals surface area contributed by atoms with Gasteiger partial charge in [0.1, 0.15) is 10.8 Å². The Morgan fingerprint density at radius 3 is 2.36 bits per heavy atom.